The predicted molar refractivity (Wildman–Crippen MR) is 352 cm³/mol. The smallest absolute Gasteiger partial charge is 0.326 e. The van der Waals surface area contributed by atoms with Crippen molar-refractivity contribution >= 4 is 101 Å². The molecule has 0 bridgehead atoms. The highest BCUT2D eigenvalue weighted by atomic mass is 32.2. The molecule has 97 heavy (non-hydrogen) atoms. The molecule has 22 N–H and O–H groups in total. The number of imidazole rings is 1. The average Bonchev–Trinajstić information content (AvgIpc) is 1.03. The van der Waals surface area contributed by atoms with Crippen LogP contribution in [0.5, 0.6) is 0 Å². The summed E-state index contributed by atoms with van der Waals surface area (Å²) in [5.41, 5.74) is 17.9. The summed E-state index contributed by atoms with van der Waals surface area (Å²) in [5, 5.41) is 73.6. The molecule has 0 fully saturated rings. The number of aromatic amines is 1. The molecule has 35 nitrogen and oxygen atoms in total. The lowest BCUT2D eigenvalue weighted by molar-refractivity contribution is -0.143. The summed E-state index contributed by atoms with van der Waals surface area (Å²) in [7, 11) is 0. The van der Waals surface area contributed by atoms with E-state index < -0.39 is 194 Å². The van der Waals surface area contributed by atoms with E-state index in [2.05, 4.69) is 68.1 Å². The topological polar surface area (TPSA) is 580 Å². The number of aliphatic hydroxyl groups excluding tert-OH is 1. The first-order chi connectivity index (χ1) is 45.7. The van der Waals surface area contributed by atoms with Crippen molar-refractivity contribution in [1.82, 2.24) is 63.1 Å². The maximum Gasteiger partial charge on any atom is 0.326 e. The number of benzene rings is 1. The van der Waals surface area contributed by atoms with Gasteiger partial charge in [-0.25, -0.2) is 9.78 Å². The Labute approximate surface area is 565 Å². The van der Waals surface area contributed by atoms with E-state index in [9.17, 15) is 92.7 Å². The van der Waals surface area contributed by atoms with Gasteiger partial charge in [0.25, 0.3) is 0 Å². The fourth-order valence-corrected chi connectivity index (χ4v) is 9.97. The van der Waals surface area contributed by atoms with Gasteiger partial charge in [-0.1, -0.05) is 78.3 Å². The molecule has 2 rings (SSSR count). The second-order valence-corrected chi connectivity index (χ2v) is 25.0. The Morgan fingerprint density at radius 2 is 0.979 bits per heavy atom. The predicted octanol–water partition coefficient (Wildman–Crippen LogP) is -3.40. The lowest BCUT2D eigenvalue weighted by atomic mass is 9.97. The number of amides is 10. The Morgan fingerprint density at radius 3 is 1.43 bits per heavy atom. The molecule has 540 valence electrons. The van der Waals surface area contributed by atoms with Crippen LogP contribution < -0.4 is 70.4 Å². The number of nitrogens with zero attached hydrogens (tertiary/aromatic N) is 2. The minimum absolute atomic E-state index is 0.0437. The molecule has 0 aliphatic rings. The van der Waals surface area contributed by atoms with Gasteiger partial charge in [0, 0.05) is 44.1 Å². The number of hydrogen-bond acceptors (Lipinski definition) is 19. The van der Waals surface area contributed by atoms with E-state index in [0.29, 0.717) is 23.4 Å². The number of aliphatic hydroxyl groups is 1. The van der Waals surface area contributed by atoms with Crippen LogP contribution in [-0.4, -0.2) is 216 Å². The van der Waals surface area contributed by atoms with Crippen LogP contribution in [0, 0.1) is 17.8 Å². The van der Waals surface area contributed by atoms with Crippen LogP contribution in [0.3, 0.4) is 0 Å². The molecule has 36 heteroatoms. The molecule has 2 aromatic rings. The molecule has 0 saturated heterocycles. The van der Waals surface area contributed by atoms with Crippen molar-refractivity contribution in [1.29, 1.82) is 0 Å². The zero-order valence-corrected chi connectivity index (χ0v) is 56.2. The minimum atomic E-state index is -2.09. The van der Waals surface area contributed by atoms with E-state index in [0.717, 1.165) is 0 Å². The fourth-order valence-electron chi connectivity index (χ4n) is 9.48. The number of carboxylic acid groups (broad SMARTS) is 4. The number of carbonyl (C=O) groups is 14. The van der Waals surface area contributed by atoms with E-state index in [4.69, 9.17) is 17.2 Å². The van der Waals surface area contributed by atoms with Crippen molar-refractivity contribution < 1.29 is 92.7 Å². The Balaban J connectivity index is 2.57. The third-order valence-electron chi connectivity index (χ3n) is 14.9. The molecule has 1 aromatic carbocycles. The lowest BCUT2D eigenvalue weighted by Crippen LogP contribution is -2.61. The van der Waals surface area contributed by atoms with Gasteiger partial charge in [0.15, 0.2) is 5.96 Å². The van der Waals surface area contributed by atoms with Gasteiger partial charge in [-0.2, -0.15) is 11.8 Å². The second-order valence-electron chi connectivity index (χ2n) is 24.0. The molecule has 1 aromatic heterocycles. The second kappa shape index (κ2) is 43.6. The van der Waals surface area contributed by atoms with Gasteiger partial charge < -0.3 is 101 Å². The first-order valence-corrected chi connectivity index (χ1v) is 32.9. The van der Waals surface area contributed by atoms with Crippen LogP contribution in [0.2, 0.25) is 0 Å². The number of aliphatic imine (C=N–C) groups is 1. The summed E-state index contributed by atoms with van der Waals surface area (Å²) in [6.45, 7) is 9.09. The molecular formula is C61H96N16O19S. The highest BCUT2D eigenvalue weighted by molar-refractivity contribution is 7.98. The van der Waals surface area contributed by atoms with Crippen molar-refractivity contribution in [2.75, 3.05) is 25.2 Å². The monoisotopic (exact) mass is 1390 g/mol. The number of carbonyl (C=O) groups excluding carboxylic acids is 10. The lowest BCUT2D eigenvalue weighted by Gasteiger charge is -2.29. The summed E-state index contributed by atoms with van der Waals surface area (Å²) in [6.07, 6.45) is 0.0966. The summed E-state index contributed by atoms with van der Waals surface area (Å²) in [4.78, 5) is 199. The van der Waals surface area contributed by atoms with Crippen LogP contribution in [0.4, 0.5) is 0 Å². The molecule has 10 amide bonds. The Bertz CT molecular complexity index is 2990. The largest absolute Gasteiger partial charge is 0.481 e. The van der Waals surface area contributed by atoms with Crippen LogP contribution >= 0.6 is 11.8 Å². The number of nitrogens with two attached hydrogens (primary N) is 3. The normalized spacial score (nSPS) is 14.8. The van der Waals surface area contributed by atoms with E-state index in [1.807, 2.05) is 0 Å². The van der Waals surface area contributed by atoms with Gasteiger partial charge in [0.2, 0.25) is 59.1 Å². The molecule has 0 unspecified atom stereocenters. The third kappa shape index (κ3) is 32.2. The molecule has 0 spiro atoms. The van der Waals surface area contributed by atoms with Crippen molar-refractivity contribution in [2.45, 2.75) is 191 Å². The van der Waals surface area contributed by atoms with Gasteiger partial charge in [0.1, 0.15) is 60.4 Å². The molecular weight excluding hydrogens is 1290 g/mol. The maximum atomic E-state index is 14.7. The highest BCUT2D eigenvalue weighted by Gasteiger charge is 2.38. The van der Waals surface area contributed by atoms with E-state index >= 15 is 0 Å². The number of aliphatic carboxylic acids is 4. The van der Waals surface area contributed by atoms with Crippen LogP contribution in [0.15, 0.2) is 47.8 Å². The zero-order valence-electron chi connectivity index (χ0n) is 55.4. The first-order valence-electron chi connectivity index (χ1n) is 31.5. The Kier molecular flexibility index (Phi) is 37.6. The van der Waals surface area contributed by atoms with Gasteiger partial charge in [-0.15, -0.1) is 0 Å². The number of rotatable bonds is 47. The zero-order chi connectivity index (χ0) is 73.1. The first kappa shape index (κ1) is 83.6. The number of hydrogen-bond donors (Lipinski definition) is 19. The number of aromatic nitrogens is 2. The van der Waals surface area contributed by atoms with Crippen molar-refractivity contribution in [2.24, 2.45) is 39.9 Å². The quantitative estimate of drug-likeness (QED) is 0.0174. The Hall–Kier alpha value is -9.45. The number of nitrogens with one attached hydrogen (secondary N) is 11. The van der Waals surface area contributed by atoms with Gasteiger partial charge in [-0.05, 0) is 80.3 Å². The van der Waals surface area contributed by atoms with E-state index in [-0.39, 0.29) is 69.3 Å². The molecule has 0 aliphatic heterocycles. The summed E-state index contributed by atoms with van der Waals surface area (Å²) in [6, 6.07) is -9.45. The van der Waals surface area contributed by atoms with Gasteiger partial charge >= 0.3 is 23.9 Å². The summed E-state index contributed by atoms with van der Waals surface area (Å²) in [5.74, 6) is -17.5. The number of guanidine groups is 1. The van der Waals surface area contributed by atoms with Crippen molar-refractivity contribution in [3.63, 3.8) is 0 Å². The average molecular weight is 1390 g/mol. The molecule has 1 heterocycles. The third-order valence-corrected chi connectivity index (χ3v) is 15.6. The SMILES string of the molecule is CC[C@H](C)[C@H](NC(=O)[C@@H](N)CCSC)C(=O)N[C@@H](CCC(=O)O)C(=O)N[C@@H](CCC(=O)O)C(=O)N[C@@H](CC(=O)O)C(=O)N[C@@H](Cc1ccccc1)C(=O)N[C@@H](CC(C)C)C(=O)N[C@@H](CCCN=C(N)N)C(=O)N[C@@H](CC(C)C)C(=O)N[C@@H](CO)C(=O)N[C@@H](Cc1cnc[nH]1)C(=O)O. The maximum absolute atomic E-state index is 14.7. The summed E-state index contributed by atoms with van der Waals surface area (Å²) >= 11 is 1.43. The summed E-state index contributed by atoms with van der Waals surface area (Å²) < 4.78 is 0. The van der Waals surface area contributed by atoms with E-state index in [1.165, 1.54) is 24.3 Å². The Morgan fingerprint density at radius 1 is 0.536 bits per heavy atom. The molecule has 12 atom stereocenters. The van der Waals surface area contributed by atoms with Gasteiger partial charge in [0.05, 0.1) is 25.4 Å². The van der Waals surface area contributed by atoms with Gasteiger partial charge in [-0.3, -0.25) is 67.3 Å². The number of carboxylic acids is 4. The molecule has 0 radical (unpaired) electrons. The minimum Gasteiger partial charge on any atom is -0.481 e. The van der Waals surface area contributed by atoms with E-state index in [1.54, 1.807) is 78.1 Å². The molecule has 0 saturated carbocycles. The molecule has 0 aliphatic carbocycles. The van der Waals surface area contributed by atoms with Crippen LogP contribution in [0.25, 0.3) is 0 Å². The van der Waals surface area contributed by atoms with Crippen molar-refractivity contribution in [3.05, 3.63) is 54.1 Å². The van der Waals surface area contributed by atoms with Crippen LogP contribution in [-0.2, 0) is 80.0 Å². The number of H-pyrrole nitrogens is 1. The van der Waals surface area contributed by atoms with Crippen molar-refractivity contribution in [3.8, 4) is 0 Å². The fraction of sp³-hybridized carbons (Fsp3) is 0.607. The van der Waals surface area contributed by atoms with Crippen LogP contribution in [0.1, 0.15) is 123 Å². The highest BCUT2D eigenvalue weighted by Crippen LogP contribution is 2.15. The number of thioether (sulfide) groups is 1. The standard InChI is InChI=1S/C61H96N16O19S/c1-8-33(6)49(77-50(85)36(62)20-22-97-7)59(94)70-39(17-19-47(81)82)52(87)69-38(16-18-46(79)80)53(88)74-43(27-48(83)84)57(92)73-42(25-34-13-10-9-11-14-34)56(91)72-40(23-31(2)3)54(89)68-37(15-12-21-66-61(63)64)51(86)71-41(24-32(4)5)55(90)76-45(29-78)58(93)75-44(60(95)96)26-35-28-65-30-67-35/h9-11,13-14,28,30-33,36-45,49,78H,8,12,15-27,29,62H2,1-7H3,(H,65,67)(H,68,89)(H,69,87)(H,70,94)(H,71,86)(H,72,91)(H,73,92)(H,74,88)(H,75,93)(H,76,90)(H,77,85)(H,79,80)(H,81,82)(H,83,84)(H,95,96)(H4,63,64,66)/t33-,36-,37-,38-,39-,40-,41-,42-,43-,44-,45-,49-/m0/s1.